The van der Waals surface area contributed by atoms with Crippen LogP contribution >= 0.6 is 0 Å². The summed E-state index contributed by atoms with van der Waals surface area (Å²) in [5, 5.41) is 2.99. The van der Waals surface area contributed by atoms with Gasteiger partial charge in [-0.05, 0) is 63.4 Å². The molecule has 2 aromatic heterocycles. The molecule has 1 saturated heterocycles. The molecular formula is C25H27N5O2. The molecule has 1 aliphatic heterocycles. The number of hydrogen-bond donors (Lipinski definition) is 1. The molecule has 32 heavy (non-hydrogen) atoms. The quantitative estimate of drug-likeness (QED) is 0.665. The van der Waals surface area contributed by atoms with Crippen molar-refractivity contribution < 1.29 is 9.59 Å². The van der Waals surface area contributed by atoms with Crippen molar-refractivity contribution in [2.24, 2.45) is 0 Å². The van der Waals surface area contributed by atoms with Crippen molar-refractivity contribution in [1.29, 1.82) is 0 Å². The van der Waals surface area contributed by atoms with E-state index < -0.39 is 0 Å². The summed E-state index contributed by atoms with van der Waals surface area (Å²) in [4.78, 5) is 41.0. The first-order chi connectivity index (χ1) is 15.4. The summed E-state index contributed by atoms with van der Waals surface area (Å²) in [5.74, 6) is 0.364. The SMILES string of the molecule is Cc1ccc(-c2cc(C(=O)NC(C)c3cnc(C)nc3)cc(C(=O)N3CCCC3)c2)nc1. The summed E-state index contributed by atoms with van der Waals surface area (Å²) in [6, 6.07) is 8.88. The van der Waals surface area contributed by atoms with Gasteiger partial charge in [-0.3, -0.25) is 14.6 Å². The van der Waals surface area contributed by atoms with Crippen LogP contribution in [0.2, 0.25) is 0 Å². The van der Waals surface area contributed by atoms with Gasteiger partial charge in [0.15, 0.2) is 0 Å². The molecule has 0 saturated carbocycles. The Balaban J connectivity index is 1.66. The lowest BCUT2D eigenvalue weighted by Crippen LogP contribution is -2.29. The van der Waals surface area contributed by atoms with Gasteiger partial charge in [0.2, 0.25) is 0 Å². The Morgan fingerprint density at radius 2 is 1.62 bits per heavy atom. The average Bonchev–Trinajstić information content (AvgIpc) is 3.34. The van der Waals surface area contributed by atoms with Crippen LogP contribution in [0, 0.1) is 13.8 Å². The molecule has 2 amide bonds. The van der Waals surface area contributed by atoms with E-state index in [-0.39, 0.29) is 17.9 Å². The van der Waals surface area contributed by atoms with Crippen LogP contribution in [-0.2, 0) is 0 Å². The number of hydrogen-bond acceptors (Lipinski definition) is 5. The molecule has 3 aromatic rings. The zero-order chi connectivity index (χ0) is 22.7. The van der Waals surface area contributed by atoms with Crippen molar-refractivity contribution in [3.63, 3.8) is 0 Å². The number of rotatable bonds is 5. The van der Waals surface area contributed by atoms with E-state index in [4.69, 9.17) is 0 Å². The van der Waals surface area contributed by atoms with Crippen molar-refractivity contribution in [3.8, 4) is 11.3 Å². The molecule has 1 aliphatic rings. The normalized spacial score (nSPS) is 14.3. The number of aryl methyl sites for hydroxylation is 2. The van der Waals surface area contributed by atoms with Gasteiger partial charge in [-0.25, -0.2) is 9.97 Å². The van der Waals surface area contributed by atoms with Gasteiger partial charge in [0.25, 0.3) is 11.8 Å². The largest absolute Gasteiger partial charge is 0.345 e. The Morgan fingerprint density at radius 1 is 0.938 bits per heavy atom. The van der Waals surface area contributed by atoms with Crippen molar-refractivity contribution in [1.82, 2.24) is 25.2 Å². The monoisotopic (exact) mass is 429 g/mol. The third kappa shape index (κ3) is 4.82. The van der Waals surface area contributed by atoms with Crippen LogP contribution in [0.15, 0.2) is 48.9 Å². The predicted molar refractivity (Wildman–Crippen MR) is 122 cm³/mol. The van der Waals surface area contributed by atoms with E-state index >= 15 is 0 Å². The Labute approximate surface area is 187 Å². The number of nitrogens with one attached hydrogen (secondary N) is 1. The molecule has 164 valence electrons. The molecule has 1 aromatic carbocycles. The van der Waals surface area contributed by atoms with Gasteiger partial charge in [-0.15, -0.1) is 0 Å². The Morgan fingerprint density at radius 3 is 2.28 bits per heavy atom. The third-order valence-electron chi connectivity index (χ3n) is 5.69. The lowest BCUT2D eigenvalue weighted by Gasteiger charge is -2.18. The van der Waals surface area contributed by atoms with Crippen molar-refractivity contribution in [2.75, 3.05) is 13.1 Å². The van der Waals surface area contributed by atoms with Crippen LogP contribution in [0.4, 0.5) is 0 Å². The zero-order valence-electron chi connectivity index (χ0n) is 18.6. The van der Waals surface area contributed by atoms with Crippen LogP contribution in [-0.4, -0.2) is 44.8 Å². The van der Waals surface area contributed by atoms with E-state index in [1.165, 1.54) is 0 Å². The number of nitrogens with zero attached hydrogens (tertiary/aromatic N) is 4. The molecule has 1 atom stereocenters. The van der Waals surface area contributed by atoms with Crippen LogP contribution in [0.5, 0.6) is 0 Å². The minimum absolute atomic E-state index is 0.0505. The van der Waals surface area contributed by atoms with Gasteiger partial charge in [0.05, 0.1) is 11.7 Å². The number of aromatic nitrogens is 3. The summed E-state index contributed by atoms with van der Waals surface area (Å²) in [6.45, 7) is 7.17. The Hall–Kier alpha value is -3.61. The summed E-state index contributed by atoms with van der Waals surface area (Å²) in [5.41, 5.74) is 4.25. The van der Waals surface area contributed by atoms with E-state index in [1.54, 1.807) is 30.7 Å². The standard InChI is InChI=1S/C25H27N5O2/c1-16-6-7-23(28-13-16)19-10-20(12-21(11-19)25(32)30-8-4-5-9-30)24(31)29-17(2)22-14-26-18(3)27-15-22/h6-7,10-15,17H,4-5,8-9H2,1-3H3,(H,29,31). The number of likely N-dealkylation sites (tertiary alicyclic amines) is 1. The molecule has 7 nitrogen and oxygen atoms in total. The van der Waals surface area contributed by atoms with Crippen molar-refractivity contribution in [3.05, 3.63) is 77.0 Å². The van der Waals surface area contributed by atoms with E-state index in [2.05, 4.69) is 20.3 Å². The van der Waals surface area contributed by atoms with Crippen molar-refractivity contribution in [2.45, 2.75) is 39.7 Å². The predicted octanol–water partition coefficient (Wildman–Crippen LogP) is 3.88. The minimum Gasteiger partial charge on any atom is -0.345 e. The van der Waals surface area contributed by atoms with Gasteiger partial charge in [-0.1, -0.05) is 6.07 Å². The summed E-state index contributed by atoms with van der Waals surface area (Å²) in [6.07, 6.45) is 7.22. The van der Waals surface area contributed by atoms with Gasteiger partial charge in [0.1, 0.15) is 5.82 Å². The summed E-state index contributed by atoms with van der Waals surface area (Å²) < 4.78 is 0. The van der Waals surface area contributed by atoms with Crippen LogP contribution in [0.1, 0.15) is 63.5 Å². The Kier molecular flexibility index (Phi) is 6.25. The molecule has 4 rings (SSSR count). The van der Waals surface area contributed by atoms with E-state index in [9.17, 15) is 9.59 Å². The minimum atomic E-state index is -0.276. The highest BCUT2D eigenvalue weighted by molar-refractivity contribution is 6.01. The first-order valence-corrected chi connectivity index (χ1v) is 10.9. The van der Waals surface area contributed by atoms with Gasteiger partial charge >= 0.3 is 0 Å². The maximum Gasteiger partial charge on any atom is 0.253 e. The first-order valence-electron chi connectivity index (χ1n) is 10.9. The number of carbonyl (C=O) groups is 2. The molecule has 7 heteroatoms. The molecule has 0 spiro atoms. The molecule has 1 unspecified atom stereocenters. The molecule has 1 fully saturated rings. The number of carbonyl (C=O) groups excluding carboxylic acids is 2. The Bertz CT molecular complexity index is 1120. The lowest BCUT2D eigenvalue weighted by molar-refractivity contribution is 0.0793. The van der Waals surface area contributed by atoms with Gasteiger partial charge < -0.3 is 10.2 Å². The van der Waals surface area contributed by atoms with E-state index in [0.29, 0.717) is 17.0 Å². The smallest absolute Gasteiger partial charge is 0.253 e. The highest BCUT2D eigenvalue weighted by Gasteiger charge is 2.22. The highest BCUT2D eigenvalue weighted by atomic mass is 16.2. The second-order valence-electron chi connectivity index (χ2n) is 8.28. The fourth-order valence-corrected chi connectivity index (χ4v) is 3.76. The molecular weight excluding hydrogens is 402 g/mol. The summed E-state index contributed by atoms with van der Waals surface area (Å²) >= 11 is 0. The third-order valence-corrected chi connectivity index (χ3v) is 5.69. The number of amides is 2. The van der Waals surface area contributed by atoms with Crippen LogP contribution in [0.25, 0.3) is 11.3 Å². The number of pyridine rings is 1. The maximum absolute atomic E-state index is 13.1. The van der Waals surface area contributed by atoms with Gasteiger partial charge in [0, 0.05) is 53.9 Å². The molecule has 1 N–H and O–H groups in total. The van der Waals surface area contributed by atoms with E-state index in [1.807, 2.05) is 43.9 Å². The van der Waals surface area contributed by atoms with Gasteiger partial charge in [-0.2, -0.15) is 0 Å². The maximum atomic E-state index is 13.1. The number of benzene rings is 1. The van der Waals surface area contributed by atoms with E-state index in [0.717, 1.165) is 48.3 Å². The zero-order valence-corrected chi connectivity index (χ0v) is 18.6. The lowest BCUT2D eigenvalue weighted by atomic mass is 10.0. The molecule has 0 aliphatic carbocycles. The molecule has 0 radical (unpaired) electrons. The molecule has 0 bridgehead atoms. The molecule has 3 heterocycles. The summed E-state index contributed by atoms with van der Waals surface area (Å²) in [7, 11) is 0. The van der Waals surface area contributed by atoms with Crippen LogP contribution < -0.4 is 5.32 Å². The van der Waals surface area contributed by atoms with Crippen LogP contribution in [0.3, 0.4) is 0 Å². The second kappa shape index (κ2) is 9.26. The van der Waals surface area contributed by atoms with Crippen molar-refractivity contribution >= 4 is 11.8 Å². The first kappa shape index (κ1) is 21.6. The highest BCUT2D eigenvalue weighted by Crippen LogP contribution is 2.24. The second-order valence-corrected chi connectivity index (χ2v) is 8.28. The average molecular weight is 430 g/mol. The fraction of sp³-hybridized carbons (Fsp3) is 0.320. The fourth-order valence-electron chi connectivity index (χ4n) is 3.76. The topological polar surface area (TPSA) is 88.1 Å².